The number of allylic oxidation sites excluding steroid dienone is 9. The molecule has 5 nitrogen and oxygen atoms in total. The zero-order valence-electron chi connectivity index (χ0n) is 24.3. The number of hydrogen-bond acceptors (Lipinski definition) is 8. The molecule has 2 aromatic carbocycles. The van der Waals surface area contributed by atoms with Gasteiger partial charge in [0.15, 0.2) is 0 Å². The molecule has 0 unspecified atom stereocenters. The highest BCUT2D eigenvalue weighted by molar-refractivity contribution is 9.10. The van der Waals surface area contributed by atoms with Gasteiger partial charge in [0.1, 0.15) is 22.2 Å². The highest BCUT2D eigenvalue weighted by atomic mass is 79.9. The maximum atomic E-state index is 15.9. The average Bonchev–Trinajstić information content (AvgIpc) is 3.64. The van der Waals surface area contributed by atoms with Crippen molar-refractivity contribution >= 4 is 94.4 Å². The number of rotatable bonds is 10. The lowest BCUT2D eigenvalue weighted by atomic mass is 10.1. The minimum atomic E-state index is -3.92. The molecular formula is C33H26BrF2N3O2S5. The second kappa shape index (κ2) is 15.3. The molecule has 3 heterocycles. The highest BCUT2D eigenvalue weighted by Gasteiger charge is 2.26. The Balaban J connectivity index is 1.57. The van der Waals surface area contributed by atoms with Gasteiger partial charge < -0.3 is 0 Å². The Bertz CT molecular complexity index is 2060. The van der Waals surface area contributed by atoms with Crippen molar-refractivity contribution in [2.24, 2.45) is 0 Å². The Morgan fingerprint density at radius 3 is 2.54 bits per heavy atom. The van der Waals surface area contributed by atoms with Gasteiger partial charge in [-0.3, -0.25) is 0 Å². The molecule has 1 aliphatic rings. The van der Waals surface area contributed by atoms with Crippen molar-refractivity contribution in [1.29, 1.82) is 0 Å². The van der Waals surface area contributed by atoms with Crippen LogP contribution in [0.5, 0.6) is 0 Å². The molecule has 0 atom stereocenters. The molecular weight excluding hydrogens is 749 g/mol. The van der Waals surface area contributed by atoms with Crippen LogP contribution in [-0.4, -0.2) is 23.4 Å². The molecule has 13 heteroatoms. The summed E-state index contributed by atoms with van der Waals surface area (Å²) >= 11 is 4.27. The quantitative estimate of drug-likeness (QED) is 0.117. The maximum absolute atomic E-state index is 15.9. The molecule has 0 bridgehead atoms. The Morgan fingerprint density at radius 1 is 1.09 bits per heavy atom. The third-order valence-electron chi connectivity index (χ3n) is 6.50. The third-order valence-corrected chi connectivity index (χ3v) is 14.2. The van der Waals surface area contributed by atoms with Gasteiger partial charge in [-0.15, -0.1) is 16.4 Å². The SMILES string of the molecule is C=CC(C=C)=C(SS(=O)(=O)c1ccc(Br)cc1)c1cc(F)c(/C2=C(F)/C=C/C=C(CCC)/C=C(/n3nnc4ccccc43)SS2)s1. The summed E-state index contributed by atoms with van der Waals surface area (Å²) in [5, 5.41) is 9.30. The van der Waals surface area contributed by atoms with Gasteiger partial charge in [-0.05, 0) is 93.8 Å². The van der Waals surface area contributed by atoms with E-state index in [1.165, 1.54) is 47.2 Å². The van der Waals surface area contributed by atoms with Crippen LogP contribution in [0.1, 0.15) is 29.5 Å². The summed E-state index contributed by atoms with van der Waals surface area (Å²) in [6.45, 7) is 9.66. The number of aromatic nitrogens is 3. The van der Waals surface area contributed by atoms with Gasteiger partial charge >= 0.3 is 0 Å². The summed E-state index contributed by atoms with van der Waals surface area (Å²) in [6.07, 6.45) is 11.3. The van der Waals surface area contributed by atoms with Crippen LogP contribution < -0.4 is 0 Å². The first kappa shape index (κ1) is 34.4. The van der Waals surface area contributed by atoms with E-state index in [1.807, 2.05) is 36.4 Å². The summed E-state index contributed by atoms with van der Waals surface area (Å²) in [4.78, 5) is 0.692. The van der Waals surface area contributed by atoms with Gasteiger partial charge in [0.2, 0.25) is 8.87 Å². The van der Waals surface area contributed by atoms with E-state index in [4.69, 9.17) is 0 Å². The first-order chi connectivity index (χ1) is 22.1. The molecule has 0 N–H and O–H groups in total. The fourth-order valence-corrected chi connectivity index (χ4v) is 11.6. The van der Waals surface area contributed by atoms with Gasteiger partial charge in [-0.25, -0.2) is 21.9 Å². The third kappa shape index (κ3) is 7.77. The smallest absolute Gasteiger partial charge is 0.212 e. The van der Waals surface area contributed by atoms with Crippen LogP contribution >= 0.6 is 59.6 Å². The topological polar surface area (TPSA) is 64.8 Å². The molecule has 5 rings (SSSR count). The average molecular weight is 775 g/mol. The van der Waals surface area contributed by atoms with Crippen LogP contribution in [0.15, 0.2) is 131 Å². The lowest BCUT2D eigenvalue weighted by Crippen LogP contribution is -1.97. The summed E-state index contributed by atoms with van der Waals surface area (Å²) < 4.78 is 61.0. The van der Waals surface area contributed by atoms with Gasteiger partial charge in [0.05, 0.1) is 20.2 Å². The highest BCUT2D eigenvalue weighted by Crippen LogP contribution is 2.51. The Hall–Kier alpha value is -2.94. The fraction of sp³-hybridized carbons (Fsp3) is 0.0909. The molecule has 0 spiro atoms. The number of thiophene rings is 1. The predicted molar refractivity (Wildman–Crippen MR) is 198 cm³/mol. The van der Waals surface area contributed by atoms with Crippen molar-refractivity contribution in [2.75, 3.05) is 0 Å². The Morgan fingerprint density at radius 2 is 1.83 bits per heavy atom. The Labute approximate surface area is 290 Å². The number of nitrogens with zero attached hydrogens (tertiary/aromatic N) is 3. The van der Waals surface area contributed by atoms with Crippen LogP contribution in [0.3, 0.4) is 0 Å². The van der Waals surface area contributed by atoms with Gasteiger partial charge in [-0.1, -0.05) is 84.1 Å². The largest absolute Gasteiger partial charge is 0.234 e. The molecule has 236 valence electrons. The second-order valence-electron chi connectivity index (χ2n) is 9.64. The maximum Gasteiger partial charge on any atom is 0.234 e. The van der Waals surface area contributed by atoms with Crippen molar-refractivity contribution in [3.05, 3.63) is 141 Å². The first-order valence-corrected chi connectivity index (χ1v) is 20.4. The molecule has 2 aromatic heterocycles. The lowest BCUT2D eigenvalue weighted by Gasteiger charge is -2.12. The van der Waals surface area contributed by atoms with Crippen molar-refractivity contribution in [1.82, 2.24) is 15.0 Å². The van der Waals surface area contributed by atoms with Crippen LogP contribution in [0.4, 0.5) is 8.78 Å². The van der Waals surface area contributed by atoms with Crippen LogP contribution in [0, 0.1) is 5.82 Å². The van der Waals surface area contributed by atoms with E-state index < -0.39 is 20.5 Å². The molecule has 1 aliphatic heterocycles. The van der Waals surface area contributed by atoms with Gasteiger partial charge in [0.25, 0.3) is 0 Å². The van der Waals surface area contributed by atoms with Gasteiger partial charge in [0, 0.05) is 25.0 Å². The first-order valence-electron chi connectivity index (χ1n) is 13.8. The lowest BCUT2D eigenvalue weighted by molar-refractivity contribution is 0.610. The van der Waals surface area contributed by atoms with Crippen LogP contribution in [0.2, 0.25) is 0 Å². The van der Waals surface area contributed by atoms with E-state index in [0.29, 0.717) is 31.8 Å². The zero-order valence-corrected chi connectivity index (χ0v) is 30.0. The molecule has 0 saturated carbocycles. The molecule has 0 radical (unpaired) electrons. The molecule has 0 saturated heterocycles. The predicted octanol–water partition coefficient (Wildman–Crippen LogP) is 11.4. The number of para-hydroxylation sites is 1. The molecule has 46 heavy (non-hydrogen) atoms. The van der Waals surface area contributed by atoms with Crippen LogP contribution in [0.25, 0.3) is 25.9 Å². The minimum absolute atomic E-state index is 0.0300. The van der Waals surface area contributed by atoms with E-state index in [0.717, 1.165) is 50.5 Å². The van der Waals surface area contributed by atoms with Crippen LogP contribution in [-0.2, 0) is 8.87 Å². The Kier molecular flexibility index (Phi) is 11.4. The summed E-state index contributed by atoms with van der Waals surface area (Å²) in [5.74, 6) is -1.32. The van der Waals surface area contributed by atoms with Gasteiger partial charge in [-0.2, -0.15) is 0 Å². The monoisotopic (exact) mass is 773 g/mol. The normalized spacial score (nSPS) is 18.7. The van der Waals surface area contributed by atoms with Crippen molar-refractivity contribution in [3.63, 3.8) is 0 Å². The second-order valence-corrected chi connectivity index (χ2v) is 17.5. The zero-order chi connectivity index (χ0) is 32.8. The van der Waals surface area contributed by atoms with E-state index in [2.05, 4.69) is 46.3 Å². The molecule has 0 fully saturated rings. The molecule has 0 aliphatic carbocycles. The molecule has 0 amide bonds. The van der Waals surface area contributed by atoms with E-state index in [9.17, 15) is 8.42 Å². The van der Waals surface area contributed by atoms with Crippen molar-refractivity contribution < 1.29 is 17.2 Å². The molecule has 4 aromatic rings. The fourth-order valence-electron chi connectivity index (χ4n) is 4.30. The van der Waals surface area contributed by atoms with Crippen molar-refractivity contribution in [3.8, 4) is 0 Å². The van der Waals surface area contributed by atoms with E-state index >= 15 is 8.78 Å². The summed E-state index contributed by atoms with van der Waals surface area (Å²) in [5.41, 5.74) is 2.86. The van der Waals surface area contributed by atoms with Crippen molar-refractivity contribution in [2.45, 2.75) is 24.7 Å². The van der Waals surface area contributed by atoms with E-state index in [1.54, 1.807) is 22.9 Å². The van der Waals surface area contributed by atoms with E-state index in [-0.39, 0.29) is 19.6 Å². The minimum Gasteiger partial charge on any atom is -0.212 e. The summed E-state index contributed by atoms with van der Waals surface area (Å²) in [7, 11) is -1.06. The number of hydrogen-bond donors (Lipinski definition) is 0. The number of benzene rings is 2. The summed E-state index contributed by atoms with van der Waals surface area (Å²) in [6, 6.07) is 15.0. The number of halogens is 3. The standard InChI is InChI=1S/C33H26BrF2N3O2S5/c1-4-10-21-11-9-12-25(35)33(44-43-30(19-21)39-28-14-8-7-13-27(28)37-38-39)32-26(36)20-29(42-32)31(22(5-2)6-3)45-46(40,41)24-17-15-23(34)16-18-24/h5-9,11-20H,2-4,10H2,1H3/b12-9+,21-11+,30-19-,33-25+. The number of fused-ring (bicyclic) bond motifs is 1.